The van der Waals surface area contributed by atoms with Crippen LogP contribution in [0, 0.1) is 0 Å². The van der Waals surface area contributed by atoms with Crippen LogP contribution >= 0.6 is 0 Å². The van der Waals surface area contributed by atoms with Gasteiger partial charge < -0.3 is 15.4 Å². The van der Waals surface area contributed by atoms with E-state index < -0.39 is 23.7 Å². The maximum absolute atomic E-state index is 12.8. The quantitative estimate of drug-likeness (QED) is 0.872. The predicted octanol–water partition coefficient (Wildman–Crippen LogP) is 2.71. The first-order chi connectivity index (χ1) is 10.8. The lowest BCUT2D eigenvalue weighted by molar-refractivity contribution is -0.137. The van der Waals surface area contributed by atoms with Gasteiger partial charge in [0.25, 0.3) is 0 Å². The highest BCUT2D eigenvalue weighted by Crippen LogP contribution is 2.35. The van der Waals surface area contributed by atoms with E-state index in [-0.39, 0.29) is 23.8 Å². The SMILES string of the molecule is CCCOc1ccc(C(F)(F)F)cc1NC(=O)[C@H]1CCC(=O)N1. The number of anilines is 1. The summed E-state index contributed by atoms with van der Waals surface area (Å²) >= 11 is 0. The highest BCUT2D eigenvalue weighted by atomic mass is 19.4. The molecule has 1 atom stereocenters. The van der Waals surface area contributed by atoms with Crippen LogP contribution in [0.2, 0.25) is 0 Å². The van der Waals surface area contributed by atoms with Crippen LogP contribution in [0.15, 0.2) is 18.2 Å². The average molecular weight is 330 g/mol. The highest BCUT2D eigenvalue weighted by molar-refractivity contribution is 5.99. The zero-order chi connectivity index (χ0) is 17.0. The monoisotopic (exact) mass is 330 g/mol. The van der Waals surface area contributed by atoms with Gasteiger partial charge in [-0.05, 0) is 31.0 Å². The molecule has 1 fully saturated rings. The van der Waals surface area contributed by atoms with Crippen LogP contribution in [-0.2, 0) is 15.8 Å². The van der Waals surface area contributed by atoms with Gasteiger partial charge in [0.1, 0.15) is 11.8 Å². The minimum atomic E-state index is -4.52. The number of rotatable bonds is 5. The summed E-state index contributed by atoms with van der Waals surface area (Å²) < 4.78 is 43.9. The number of benzene rings is 1. The third kappa shape index (κ3) is 4.37. The number of carbonyl (C=O) groups is 2. The van der Waals surface area contributed by atoms with Crippen molar-refractivity contribution in [3.8, 4) is 5.75 Å². The number of nitrogens with one attached hydrogen (secondary N) is 2. The molecule has 0 radical (unpaired) electrons. The molecule has 2 amide bonds. The van der Waals surface area contributed by atoms with Crippen molar-refractivity contribution in [3.63, 3.8) is 0 Å². The third-order valence-electron chi connectivity index (χ3n) is 3.34. The number of halogens is 3. The van der Waals surface area contributed by atoms with Crippen molar-refractivity contribution in [2.75, 3.05) is 11.9 Å². The second-order valence-electron chi connectivity index (χ2n) is 5.21. The van der Waals surface area contributed by atoms with E-state index in [1.165, 1.54) is 6.07 Å². The molecule has 8 heteroatoms. The topological polar surface area (TPSA) is 67.4 Å². The lowest BCUT2D eigenvalue weighted by Gasteiger charge is -2.17. The fourth-order valence-electron chi connectivity index (χ4n) is 2.17. The second kappa shape index (κ2) is 6.89. The molecule has 1 aromatic carbocycles. The van der Waals surface area contributed by atoms with Crippen molar-refractivity contribution >= 4 is 17.5 Å². The Labute approximate surface area is 131 Å². The molecule has 5 nitrogen and oxygen atoms in total. The predicted molar refractivity (Wildman–Crippen MR) is 77.0 cm³/mol. The van der Waals surface area contributed by atoms with E-state index in [1.807, 2.05) is 6.92 Å². The summed E-state index contributed by atoms with van der Waals surface area (Å²) in [6.45, 7) is 2.17. The number of alkyl halides is 3. The van der Waals surface area contributed by atoms with Gasteiger partial charge in [0.2, 0.25) is 11.8 Å². The molecule has 0 aliphatic carbocycles. The van der Waals surface area contributed by atoms with Crippen molar-refractivity contribution < 1.29 is 27.5 Å². The summed E-state index contributed by atoms with van der Waals surface area (Å²) in [5, 5.41) is 4.88. The van der Waals surface area contributed by atoms with Crippen LogP contribution in [0.4, 0.5) is 18.9 Å². The van der Waals surface area contributed by atoms with E-state index in [4.69, 9.17) is 4.74 Å². The first-order valence-corrected chi connectivity index (χ1v) is 7.25. The van der Waals surface area contributed by atoms with Gasteiger partial charge in [-0.1, -0.05) is 6.92 Å². The van der Waals surface area contributed by atoms with Crippen molar-refractivity contribution in [3.05, 3.63) is 23.8 Å². The van der Waals surface area contributed by atoms with Crippen LogP contribution in [0.1, 0.15) is 31.7 Å². The largest absolute Gasteiger partial charge is 0.491 e. The molecule has 0 bridgehead atoms. The highest BCUT2D eigenvalue weighted by Gasteiger charge is 2.32. The molecule has 1 aliphatic rings. The number of carbonyl (C=O) groups excluding carboxylic acids is 2. The van der Waals surface area contributed by atoms with Crippen molar-refractivity contribution in [2.24, 2.45) is 0 Å². The van der Waals surface area contributed by atoms with E-state index in [9.17, 15) is 22.8 Å². The van der Waals surface area contributed by atoms with Gasteiger partial charge in [0, 0.05) is 6.42 Å². The molecule has 0 aromatic heterocycles. The summed E-state index contributed by atoms with van der Waals surface area (Å²) in [6.07, 6.45) is -3.31. The molecular weight excluding hydrogens is 313 g/mol. The van der Waals surface area contributed by atoms with Crippen LogP contribution in [0.3, 0.4) is 0 Å². The summed E-state index contributed by atoms with van der Waals surface area (Å²) in [4.78, 5) is 23.2. The van der Waals surface area contributed by atoms with Gasteiger partial charge >= 0.3 is 6.18 Å². The Balaban J connectivity index is 2.22. The molecule has 1 aromatic rings. The standard InChI is InChI=1S/C15H17F3N2O3/c1-2-7-23-12-5-3-9(15(16,17)18)8-11(12)20-14(22)10-4-6-13(21)19-10/h3,5,8,10H,2,4,6-7H2,1H3,(H,19,21)(H,20,22)/t10-/m1/s1. The number of ether oxygens (including phenoxy) is 1. The van der Waals surface area contributed by atoms with Gasteiger partial charge in [0.15, 0.2) is 0 Å². The lowest BCUT2D eigenvalue weighted by atomic mass is 10.1. The zero-order valence-electron chi connectivity index (χ0n) is 12.5. The minimum absolute atomic E-state index is 0.0561. The summed E-state index contributed by atoms with van der Waals surface area (Å²) in [7, 11) is 0. The normalized spacial score (nSPS) is 17.7. The molecule has 2 N–H and O–H groups in total. The van der Waals surface area contributed by atoms with Crippen LogP contribution in [-0.4, -0.2) is 24.5 Å². The molecule has 1 aliphatic heterocycles. The summed E-state index contributed by atoms with van der Waals surface area (Å²) in [6, 6.07) is 2.18. The fraction of sp³-hybridized carbons (Fsp3) is 0.467. The number of amides is 2. The maximum atomic E-state index is 12.8. The third-order valence-corrected chi connectivity index (χ3v) is 3.34. The Morgan fingerprint density at radius 1 is 1.43 bits per heavy atom. The van der Waals surface area contributed by atoms with E-state index in [2.05, 4.69) is 10.6 Å². The Morgan fingerprint density at radius 3 is 2.74 bits per heavy atom. The van der Waals surface area contributed by atoms with Gasteiger partial charge in [-0.25, -0.2) is 0 Å². The number of hydrogen-bond acceptors (Lipinski definition) is 3. The number of hydrogen-bond donors (Lipinski definition) is 2. The van der Waals surface area contributed by atoms with Crippen molar-refractivity contribution in [1.29, 1.82) is 0 Å². The van der Waals surface area contributed by atoms with Crippen LogP contribution in [0.5, 0.6) is 5.75 Å². The van der Waals surface area contributed by atoms with E-state index >= 15 is 0 Å². The van der Waals surface area contributed by atoms with Crippen LogP contribution in [0.25, 0.3) is 0 Å². The van der Waals surface area contributed by atoms with Gasteiger partial charge in [0.05, 0.1) is 17.9 Å². The van der Waals surface area contributed by atoms with Gasteiger partial charge in [-0.2, -0.15) is 13.2 Å². The second-order valence-corrected chi connectivity index (χ2v) is 5.21. The molecule has 0 spiro atoms. The van der Waals surface area contributed by atoms with Crippen LogP contribution < -0.4 is 15.4 Å². The minimum Gasteiger partial charge on any atom is -0.491 e. The Bertz CT molecular complexity index is 602. The Morgan fingerprint density at radius 2 is 2.17 bits per heavy atom. The first-order valence-electron chi connectivity index (χ1n) is 7.25. The van der Waals surface area contributed by atoms with Crippen molar-refractivity contribution in [1.82, 2.24) is 5.32 Å². The molecule has 1 saturated heterocycles. The molecular formula is C15H17F3N2O3. The maximum Gasteiger partial charge on any atom is 0.416 e. The summed E-state index contributed by atoms with van der Waals surface area (Å²) in [5.74, 6) is -0.648. The zero-order valence-corrected chi connectivity index (χ0v) is 12.5. The first kappa shape index (κ1) is 17.1. The smallest absolute Gasteiger partial charge is 0.416 e. The average Bonchev–Trinajstić information content (AvgIpc) is 2.91. The van der Waals surface area contributed by atoms with E-state index in [0.29, 0.717) is 19.4 Å². The Hall–Kier alpha value is -2.25. The van der Waals surface area contributed by atoms with Gasteiger partial charge in [-0.15, -0.1) is 0 Å². The fourth-order valence-corrected chi connectivity index (χ4v) is 2.17. The molecule has 0 unspecified atom stereocenters. The molecule has 0 saturated carbocycles. The van der Waals surface area contributed by atoms with Gasteiger partial charge in [-0.3, -0.25) is 9.59 Å². The van der Waals surface area contributed by atoms with E-state index in [1.54, 1.807) is 0 Å². The molecule has 23 heavy (non-hydrogen) atoms. The summed E-state index contributed by atoms with van der Waals surface area (Å²) in [5.41, 5.74) is -0.938. The lowest BCUT2D eigenvalue weighted by Crippen LogP contribution is -2.37. The van der Waals surface area contributed by atoms with Crippen molar-refractivity contribution in [2.45, 2.75) is 38.4 Å². The van der Waals surface area contributed by atoms with E-state index in [0.717, 1.165) is 12.1 Å². The molecule has 1 heterocycles. The Kier molecular flexibility index (Phi) is 5.12. The molecule has 126 valence electrons. The molecule has 2 rings (SSSR count).